The van der Waals surface area contributed by atoms with Crippen molar-refractivity contribution in [3.05, 3.63) is 74.9 Å². The highest BCUT2D eigenvalue weighted by Gasteiger charge is 2.14. The number of hydrogen-bond acceptors (Lipinski definition) is 7. The van der Waals surface area contributed by atoms with Gasteiger partial charge in [-0.15, -0.1) is 11.3 Å². The Balaban J connectivity index is 1.47. The van der Waals surface area contributed by atoms with Crippen molar-refractivity contribution in [2.45, 2.75) is 6.54 Å². The Morgan fingerprint density at radius 1 is 1.18 bits per heavy atom. The van der Waals surface area contributed by atoms with Crippen molar-refractivity contribution in [2.75, 3.05) is 0 Å². The van der Waals surface area contributed by atoms with Crippen molar-refractivity contribution in [1.82, 2.24) is 29.5 Å². The maximum Gasteiger partial charge on any atom is 0.293 e. The fraction of sp³-hybridized carbons (Fsp3) is 0.0556. The lowest BCUT2D eigenvalue weighted by Gasteiger charge is -2.00. The molecular formula is C18H11BrN6O2S. The molecular weight excluding hydrogens is 444 g/mol. The molecule has 28 heavy (non-hydrogen) atoms. The van der Waals surface area contributed by atoms with Crippen LogP contribution in [0.5, 0.6) is 0 Å². The van der Waals surface area contributed by atoms with Gasteiger partial charge in [-0.3, -0.25) is 4.79 Å². The zero-order valence-electron chi connectivity index (χ0n) is 14.2. The number of rotatable bonds is 4. The molecule has 0 radical (unpaired) electrons. The van der Waals surface area contributed by atoms with E-state index in [0.717, 1.165) is 20.6 Å². The first kappa shape index (κ1) is 17.0. The number of thiophene rings is 1. The van der Waals surface area contributed by atoms with E-state index in [9.17, 15) is 4.79 Å². The first-order chi connectivity index (χ1) is 13.7. The van der Waals surface area contributed by atoms with E-state index in [4.69, 9.17) is 4.52 Å². The minimum absolute atomic E-state index is 0.0792. The second kappa shape index (κ2) is 6.80. The molecule has 138 valence electrons. The highest BCUT2D eigenvalue weighted by Crippen LogP contribution is 2.23. The number of halogens is 1. The van der Waals surface area contributed by atoms with E-state index in [1.165, 1.54) is 15.5 Å². The third-order valence-electron chi connectivity index (χ3n) is 4.10. The van der Waals surface area contributed by atoms with Crippen LogP contribution < -0.4 is 5.56 Å². The van der Waals surface area contributed by atoms with Crippen LogP contribution in [0.2, 0.25) is 0 Å². The van der Waals surface area contributed by atoms with Crippen molar-refractivity contribution >= 4 is 32.8 Å². The summed E-state index contributed by atoms with van der Waals surface area (Å²) in [6.45, 7) is 0.0792. The Kier molecular flexibility index (Phi) is 4.14. The fourth-order valence-corrected chi connectivity index (χ4v) is 3.87. The van der Waals surface area contributed by atoms with E-state index in [-0.39, 0.29) is 12.1 Å². The third kappa shape index (κ3) is 3.06. The van der Waals surface area contributed by atoms with E-state index in [1.807, 2.05) is 41.8 Å². The zero-order chi connectivity index (χ0) is 19.1. The summed E-state index contributed by atoms with van der Waals surface area (Å²) in [5.74, 6) is 0.752. The van der Waals surface area contributed by atoms with Crippen molar-refractivity contribution in [3.8, 4) is 22.0 Å². The SMILES string of the molecule is O=c1c2cc(-c3cccs3)nn2cnn1Cc1nc(-c2cccc(Br)c2)no1. The predicted octanol–water partition coefficient (Wildman–Crippen LogP) is 3.48. The van der Waals surface area contributed by atoms with Crippen LogP contribution in [0.3, 0.4) is 0 Å². The summed E-state index contributed by atoms with van der Waals surface area (Å²) in [7, 11) is 0. The molecule has 0 fully saturated rings. The lowest BCUT2D eigenvalue weighted by molar-refractivity contribution is 0.362. The molecule has 1 aromatic carbocycles. The van der Waals surface area contributed by atoms with Crippen LogP contribution in [0.15, 0.2) is 68.0 Å². The molecule has 0 spiro atoms. The summed E-state index contributed by atoms with van der Waals surface area (Å²) in [5, 5.41) is 14.5. The summed E-state index contributed by atoms with van der Waals surface area (Å²) in [4.78, 5) is 18.1. The number of benzene rings is 1. The molecule has 8 nitrogen and oxygen atoms in total. The number of hydrogen-bond donors (Lipinski definition) is 0. The van der Waals surface area contributed by atoms with Gasteiger partial charge in [0.1, 0.15) is 24.1 Å². The van der Waals surface area contributed by atoms with Gasteiger partial charge in [-0.05, 0) is 29.6 Å². The first-order valence-electron chi connectivity index (χ1n) is 8.25. The summed E-state index contributed by atoms with van der Waals surface area (Å²) in [6, 6.07) is 13.2. The molecule has 0 N–H and O–H groups in total. The second-order valence-electron chi connectivity index (χ2n) is 5.95. The molecule has 0 aliphatic heterocycles. The van der Waals surface area contributed by atoms with Crippen LogP contribution in [0, 0.1) is 0 Å². The van der Waals surface area contributed by atoms with Gasteiger partial charge in [0.25, 0.3) is 5.56 Å². The molecule has 0 atom stereocenters. The summed E-state index contributed by atoms with van der Waals surface area (Å²) < 4.78 is 8.98. The Bertz CT molecular complexity index is 1340. The molecule has 0 bridgehead atoms. The van der Waals surface area contributed by atoms with Gasteiger partial charge in [0.2, 0.25) is 11.7 Å². The molecule has 0 saturated heterocycles. The standard InChI is InChI=1S/C18H11BrN6O2S/c19-12-4-1-3-11(7-12)17-21-16(27-23-17)9-24-18(26)14-8-13(15-5-2-6-28-15)22-25(14)10-20-24/h1-8,10H,9H2. The first-order valence-corrected chi connectivity index (χ1v) is 9.92. The van der Waals surface area contributed by atoms with E-state index >= 15 is 0 Å². The maximum absolute atomic E-state index is 12.8. The lowest BCUT2D eigenvalue weighted by Crippen LogP contribution is -2.25. The smallest absolute Gasteiger partial charge is 0.293 e. The molecule has 5 rings (SSSR count). The third-order valence-corrected chi connectivity index (χ3v) is 5.48. The summed E-state index contributed by atoms with van der Waals surface area (Å²) >= 11 is 4.98. The minimum Gasteiger partial charge on any atom is -0.337 e. The average molecular weight is 455 g/mol. The van der Waals surface area contributed by atoms with Crippen LogP contribution in [0.4, 0.5) is 0 Å². The second-order valence-corrected chi connectivity index (χ2v) is 7.82. The van der Waals surface area contributed by atoms with Gasteiger partial charge in [0, 0.05) is 10.0 Å². The Morgan fingerprint density at radius 2 is 2.11 bits per heavy atom. The lowest BCUT2D eigenvalue weighted by atomic mass is 10.2. The van der Waals surface area contributed by atoms with Gasteiger partial charge >= 0.3 is 0 Å². The predicted molar refractivity (Wildman–Crippen MR) is 107 cm³/mol. The Hall–Kier alpha value is -3.11. The van der Waals surface area contributed by atoms with Crippen LogP contribution in [-0.2, 0) is 6.54 Å². The molecule has 0 amide bonds. The molecule has 0 aliphatic carbocycles. The number of fused-ring (bicyclic) bond motifs is 1. The van der Waals surface area contributed by atoms with Gasteiger partial charge in [0.15, 0.2) is 0 Å². The number of aromatic nitrogens is 6. The topological polar surface area (TPSA) is 91.1 Å². The maximum atomic E-state index is 12.8. The van der Waals surface area contributed by atoms with Gasteiger partial charge in [-0.1, -0.05) is 39.3 Å². The van der Waals surface area contributed by atoms with Crippen molar-refractivity contribution in [3.63, 3.8) is 0 Å². The van der Waals surface area contributed by atoms with Gasteiger partial charge in [-0.2, -0.15) is 15.2 Å². The van der Waals surface area contributed by atoms with Gasteiger partial charge < -0.3 is 4.52 Å². The summed E-state index contributed by atoms with van der Waals surface area (Å²) in [5.41, 5.74) is 1.71. The fourth-order valence-electron chi connectivity index (χ4n) is 2.79. The van der Waals surface area contributed by atoms with Crippen molar-refractivity contribution in [1.29, 1.82) is 0 Å². The minimum atomic E-state index is -0.278. The molecule has 0 unspecified atom stereocenters. The van der Waals surface area contributed by atoms with Crippen LogP contribution in [0.1, 0.15) is 5.89 Å². The average Bonchev–Trinajstić information content (AvgIpc) is 3.44. The van der Waals surface area contributed by atoms with E-state index in [2.05, 4.69) is 36.3 Å². The highest BCUT2D eigenvalue weighted by atomic mass is 79.9. The Labute approximate surface area is 170 Å². The molecule has 5 aromatic rings. The van der Waals surface area contributed by atoms with E-state index in [1.54, 1.807) is 17.4 Å². The van der Waals surface area contributed by atoms with Crippen LogP contribution in [-0.4, -0.2) is 29.5 Å². The largest absolute Gasteiger partial charge is 0.337 e. The van der Waals surface area contributed by atoms with Gasteiger partial charge in [0.05, 0.1) is 4.88 Å². The number of nitrogens with zero attached hydrogens (tertiary/aromatic N) is 6. The zero-order valence-corrected chi connectivity index (χ0v) is 16.6. The highest BCUT2D eigenvalue weighted by molar-refractivity contribution is 9.10. The molecule has 10 heteroatoms. The van der Waals surface area contributed by atoms with Gasteiger partial charge in [-0.25, -0.2) is 9.20 Å². The summed E-state index contributed by atoms with van der Waals surface area (Å²) in [6.07, 6.45) is 1.50. The molecule has 0 saturated carbocycles. The van der Waals surface area contributed by atoms with Crippen molar-refractivity contribution in [2.24, 2.45) is 0 Å². The quantitative estimate of drug-likeness (QED) is 0.412. The van der Waals surface area contributed by atoms with Crippen LogP contribution >= 0.6 is 27.3 Å². The van der Waals surface area contributed by atoms with Crippen molar-refractivity contribution < 1.29 is 4.52 Å². The molecule has 0 aliphatic rings. The van der Waals surface area contributed by atoms with Crippen LogP contribution in [0.25, 0.3) is 27.5 Å². The molecule has 4 heterocycles. The van der Waals surface area contributed by atoms with E-state index < -0.39 is 0 Å². The molecule has 4 aromatic heterocycles. The normalized spacial score (nSPS) is 11.3. The Morgan fingerprint density at radius 3 is 2.93 bits per heavy atom. The van der Waals surface area contributed by atoms with E-state index in [0.29, 0.717) is 17.2 Å². The monoisotopic (exact) mass is 454 g/mol.